The molecule has 0 aliphatic carbocycles. The van der Waals surface area contributed by atoms with E-state index in [-0.39, 0.29) is 11.9 Å². The van der Waals surface area contributed by atoms with Crippen LogP contribution in [0, 0.1) is 0 Å². The monoisotopic (exact) mass is 284 g/mol. The Kier molecular flexibility index (Phi) is 4.60. The van der Waals surface area contributed by atoms with Crippen molar-refractivity contribution in [2.24, 2.45) is 0 Å². The van der Waals surface area contributed by atoms with Gasteiger partial charge in [-0.3, -0.25) is 4.79 Å². The fourth-order valence-corrected chi connectivity index (χ4v) is 2.70. The molecule has 0 spiro atoms. The van der Waals surface area contributed by atoms with Crippen molar-refractivity contribution in [3.05, 3.63) is 4.88 Å². The Morgan fingerprint density at radius 3 is 2.89 bits per heavy atom. The number of hydrogen-bond acceptors (Lipinski definition) is 6. The second-order valence-electron chi connectivity index (χ2n) is 4.59. The highest BCUT2D eigenvalue weighted by atomic mass is 32.1. The lowest BCUT2D eigenvalue weighted by Gasteiger charge is -2.25. The van der Waals surface area contributed by atoms with Crippen LogP contribution in [0.1, 0.15) is 29.9 Å². The van der Waals surface area contributed by atoms with E-state index in [4.69, 9.17) is 10.5 Å². The first-order valence-corrected chi connectivity index (χ1v) is 7.33. The minimum Gasteiger partial charge on any atom is -0.382 e. The van der Waals surface area contributed by atoms with E-state index >= 15 is 0 Å². The molecule has 1 atom stereocenters. The number of morpholine rings is 1. The first kappa shape index (κ1) is 14.1. The summed E-state index contributed by atoms with van der Waals surface area (Å²) in [5.74, 6) is 0.177. The molecule has 3 N–H and O–H groups in total. The van der Waals surface area contributed by atoms with Crippen LogP contribution in [-0.4, -0.2) is 43.2 Å². The fourth-order valence-electron chi connectivity index (χ4n) is 1.76. The van der Waals surface area contributed by atoms with Crippen LogP contribution < -0.4 is 16.0 Å². The van der Waals surface area contributed by atoms with Crippen LogP contribution >= 0.6 is 11.3 Å². The van der Waals surface area contributed by atoms with Crippen LogP contribution in [0.25, 0.3) is 0 Å². The summed E-state index contributed by atoms with van der Waals surface area (Å²) in [5, 5.41) is 3.71. The summed E-state index contributed by atoms with van der Waals surface area (Å²) in [4.78, 5) is 19.0. The number of carbonyl (C=O) groups is 1. The summed E-state index contributed by atoms with van der Waals surface area (Å²) in [7, 11) is 0. The number of nitrogen functional groups attached to an aromatic ring is 1. The summed E-state index contributed by atoms with van der Waals surface area (Å²) in [6.07, 6.45) is 0.890. The number of anilines is 2. The zero-order valence-electron chi connectivity index (χ0n) is 11.3. The molecule has 1 saturated heterocycles. The third-order valence-electron chi connectivity index (χ3n) is 3.12. The lowest BCUT2D eigenvalue weighted by atomic mass is 10.2. The molecule has 0 saturated carbocycles. The van der Waals surface area contributed by atoms with Gasteiger partial charge in [0, 0.05) is 19.1 Å². The van der Waals surface area contributed by atoms with Crippen molar-refractivity contribution in [2.45, 2.75) is 26.3 Å². The lowest BCUT2D eigenvalue weighted by molar-refractivity contribution is 0.0944. The van der Waals surface area contributed by atoms with E-state index in [1.54, 1.807) is 0 Å². The molecule has 0 bridgehead atoms. The van der Waals surface area contributed by atoms with Crippen molar-refractivity contribution < 1.29 is 9.53 Å². The minimum atomic E-state index is -0.135. The number of aromatic nitrogens is 1. The standard InChI is InChI=1S/C12H20N4O2S/c1-3-8(2)14-11(17)9-10(13)15-12(19-9)16-4-6-18-7-5-16/h8H,3-7,13H2,1-2H3,(H,14,17). The quantitative estimate of drug-likeness (QED) is 0.865. The maximum absolute atomic E-state index is 12.1. The third kappa shape index (κ3) is 3.36. The van der Waals surface area contributed by atoms with Crippen LogP contribution in [0.15, 0.2) is 0 Å². The summed E-state index contributed by atoms with van der Waals surface area (Å²) < 4.78 is 5.30. The summed E-state index contributed by atoms with van der Waals surface area (Å²) in [6, 6.07) is 0.140. The van der Waals surface area contributed by atoms with Gasteiger partial charge in [0.25, 0.3) is 5.91 Å². The number of amides is 1. The zero-order valence-corrected chi connectivity index (χ0v) is 12.1. The number of carbonyl (C=O) groups excluding carboxylic acids is 1. The number of nitrogens with one attached hydrogen (secondary N) is 1. The Labute approximate surface area is 116 Å². The van der Waals surface area contributed by atoms with Gasteiger partial charge in [-0.2, -0.15) is 0 Å². The van der Waals surface area contributed by atoms with Gasteiger partial charge in [0.05, 0.1) is 13.2 Å². The Hall–Kier alpha value is -1.34. The summed E-state index contributed by atoms with van der Waals surface area (Å²) in [5.41, 5.74) is 5.85. The molecule has 1 aliphatic rings. The van der Waals surface area contributed by atoms with Gasteiger partial charge in [-0.1, -0.05) is 18.3 Å². The molecule has 6 nitrogen and oxygen atoms in total. The number of rotatable bonds is 4. The van der Waals surface area contributed by atoms with Crippen molar-refractivity contribution in [3.63, 3.8) is 0 Å². The molecule has 7 heteroatoms. The van der Waals surface area contributed by atoms with E-state index in [9.17, 15) is 4.79 Å². The largest absolute Gasteiger partial charge is 0.382 e. The maximum Gasteiger partial charge on any atom is 0.265 e. The molecule has 19 heavy (non-hydrogen) atoms. The van der Waals surface area contributed by atoms with Crippen LogP contribution in [0.2, 0.25) is 0 Å². The van der Waals surface area contributed by atoms with Crippen molar-refractivity contribution in [2.75, 3.05) is 36.9 Å². The van der Waals surface area contributed by atoms with E-state index in [2.05, 4.69) is 15.2 Å². The van der Waals surface area contributed by atoms with Gasteiger partial charge in [-0.05, 0) is 13.3 Å². The highest BCUT2D eigenvalue weighted by molar-refractivity contribution is 7.18. The summed E-state index contributed by atoms with van der Waals surface area (Å²) in [6.45, 7) is 6.96. The molecule has 1 unspecified atom stereocenters. The predicted molar refractivity (Wildman–Crippen MR) is 76.8 cm³/mol. The van der Waals surface area contributed by atoms with E-state index in [1.807, 2.05) is 13.8 Å². The second-order valence-corrected chi connectivity index (χ2v) is 5.57. The molecular formula is C12H20N4O2S. The SMILES string of the molecule is CCC(C)NC(=O)c1sc(N2CCOCC2)nc1N. The third-order valence-corrected chi connectivity index (χ3v) is 4.25. The molecule has 106 valence electrons. The van der Waals surface area contributed by atoms with E-state index in [0.717, 1.165) is 24.6 Å². The van der Waals surface area contributed by atoms with Gasteiger partial charge in [0.15, 0.2) is 5.13 Å². The highest BCUT2D eigenvalue weighted by Gasteiger charge is 2.21. The lowest BCUT2D eigenvalue weighted by Crippen LogP contribution is -2.36. The summed E-state index contributed by atoms with van der Waals surface area (Å²) >= 11 is 1.35. The normalized spacial score (nSPS) is 17.3. The first-order chi connectivity index (χ1) is 9.11. The minimum absolute atomic E-state index is 0.135. The fraction of sp³-hybridized carbons (Fsp3) is 0.667. The number of thiazole rings is 1. The van der Waals surface area contributed by atoms with E-state index in [0.29, 0.717) is 23.9 Å². The van der Waals surface area contributed by atoms with E-state index in [1.165, 1.54) is 11.3 Å². The average molecular weight is 284 g/mol. The van der Waals surface area contributed by atoms with Crippen molar-refractivity contribution in [1.82, 2.24) is 10.3 Å². The molecule has 2 rings (SSSR count). The molecule has 2 heterocycles. The molecule has 1 aromatic heterocycles. The highest BCUT2D eigenvalue weighted by Crippen LogP contribution is 2.28. The molecule has 0 aromatic carbocycles. The Morgan fingerprint density at radius 2 is 2.26 bits per heavy atom. The molecule has 0 radical (unpaired) electrons. The Balaban J connectivity index is 2.09. The van der Waals surface area contributed by atoms with Crippen LogP contribution in [-0.2, 0) is 4.74 Å². The Bertz CT molecular complexity index is 443. The Morgan fingerprint density at radius 1 is 1.58 bits per heavy atom. The molecule has 1 amide bonds. The number of ether oxygens (including phenoxy) is 1. The van der Waals surface area contributed by atoms with Gasteiger partial charge in [-0.25, -0.2) is 4.98 Å². The van der Waals surface area contributed by atoms with Crippen LogP contribution in [0.4, 0.5) is 10.9 Å². The average Bonchev–Trinajstić information content (AvgIpc) is 2.81. The zero-order chi connectivity index (χ0) is 13.8. The smallest absolute Gasteiger partial charge is 0.265 e. The van der Waals surface area contributed by atoms with Gasteiger partial charge >= 0.3 is 0 Å². The number of nitrogens with two attached hydrogens (primary N) is 1. The second kappa shape index (κ2) is 6.21. The van der Waals surface area contributed by atoms with Crippen molar-refractivity contribution in [3.8, 4) is 0 Å². The van der Waals surface area contributed by atoms with Crippen LogP contribution in [0.3, 0.4) is 0 Å². The van der Waals surface area contributed by atoms with Gasteiger partial charge < -0.3 is 20.7 Å². The van der Waals surface area contributed by atoms with Gasteiger partial charge in [0.2, 0.25) is 0 Å². The predicted octanol–water partition coefficient (Wildman–Crippen LogP) is 1.09. The maximum atomic E-state index is 12.1. The number of nitrogens with zero attached hydrogens (tertiary/aromatic N) is 2. The topological polar surface area (TPSA) is 80.5 Å². The molecule has 1 aromatic rings. The van der Waals surface area contributed by atoms with Crippen molar-refractivity contribution >= 4 is 28.2 Å². The first-order valence-electron chi connectivity index (χ1n) is 6.51. The number of hydrogen-bond donors (Lipinski definition) is 2. The van der Waals surface area contributed by atoms with Gasteiger partial charge in [-0.15, -0.1) is 0 Å². The van der Waals surface area contributed by atoms with Crippen LogP contribution in [0.5, 0.6) is 0 Å². The van der Waals surface area contributed by atoms with Crippen molar-refractivity contribution in [1.29, 1.82) is 0 Å². The molecular weight excluding hydrogens is 264 g/mol. The van der Waals surface area contributed by atoms with Gasteiger partial charge in [0.1, 0.15) is 10.7 Å². The molecule has 1 fully saturated rings. The van der Waals surface area contributed by atoms with E-state index < -0.39 is 0 Å². The molecule has 1 aliphatic heterocycles.